The summed E-state index contributed by atoms with van der Waals surface area (Å²) in [6.07, 6.45) is -1.70. The molecule has 0 radical (unpaired) electrons. The van der Waals surface area contributed by atoms with Crippen LogP contribution in [0.25, 0.3) is 0 Å². The molecule has 0 saturated carbocycles. The Bertz CT molecular complexity index is 866. The topological polar surface area (TPSA) is 101 Å². The van der Waals surface area contributed by atoms with Gasteiger partial charge in [0.25, 0.3) is 5.91 Å². The van der Waals surface area contributed by atoms with Crippen LogP contribution in [0.2, 0.25) is 0 Å². The second-order valence-corrected chi connectivity index (χ2v) is 6.58. The number of hydrogen-bond donors (Lipinski definition) is 1. The molecule has 0 aromatic heterocycles. The van der Waals surface area contributed by atoms with Gasteiger partial charge >= 0.3 is 16.3 Å². The standard InChI is InChI=1S/C16H13NO6S/c18-15(12-9-5-2-6-10-12)17-13(11-7-3-1-4-8-11)14(16(19)20)23-24(17,21)22/h1-10,13-14H,(H,19,20)/t13-,14+/m0/s1. The number of carbonyl (C=O) groups excluding carboxylic acids is 1. The van der Waals surface area contributed by atoms with Gasteiger partial charge in [-0.15, -0.1) is 0 Å². The molecule has 2 atom stereocenters. The van der Waals surface area contributed by atoms with E-state index in [2.05, 4.69) is 0 Å². The number of hydrogen-bond acceptors (Lipinski definition) is 5. The lowest BCUT2D eigenvalue weighted by Gasteiger charge is -2.22. The SMILES string of the molecule is O=C(O)[C@@H]1OS(=O)(=O)N(C(=O)c2ccccc2)[C@H]1c1ccccc1. The first kappa shape index (κ1) is 16.2. The molecule has 1 amide bonds. The Morgan fingerprint density at radius 2 is 1.50 bits per heavy atom. The first-order chi connectivity index (χ1) is 11.4. The van der Waals surface area contributed by atoms with E-state index >= 15 is 0 Å². The molecule has 0 bridgehead atoms. The highest BCUT2D eigenvalue weighted by Crippen LogP contribution is 2.38. The lowest BCUT2D eigenvalue weighted by molar-refractivity contribution is -0.145. The van der Waals surface area contributed by atoms with Crippen LogP contribution in [0.4, 0.5) is 0 Å². The zero-order chi connectivity index (χ0) is 17.3. The summed E-state index contributed by atoms with van der Waals surface area (Å²) < 4.78 is 29.8. The summed E-state index contributed by atoms with van der Waals surface area (Å²) in [5, 5.41) is 9.32. The predicted octanol–water partition coefficient (Wildman–Crippen LogP) is 1.60. The van der Waals surface area contributed by atoms with Gasteiger partial charge in [0.1, 0.15) is 6.04 Å². The first-order valence-corrected chi connectivity index (χ1v) is 8.38. The van der Waals surface area contributed by atoms with Crippen molar-refractivity contribution in [2.45, 2.75) is 12.1 Å². The Balaban J connectivity index is 2.13. The summed E-state index contributed by atoms with van der Waals surface area (Å²) in [6, 6.07) is 14.5. The molecule has 124 valence electrons. The zero-order valence-electron chi connectivity index (χ0n) is 12.3. The van der Waals surface area contributed by atoms with Gasteiger partial charge in [0.2, 0.25) is 6.10 Å². The summed E-state index contributed by atoms with van der Waals surface area (Å²) in [4.78, 5) is 24.1. The van der Waals surface area contributed by atoms with Gasteiger partial charge < -0.3 is 5.11 Å². The Morgan fingerprint density at radius 3 is 2.04 bits per heavy atom. The molecule has 0 unspecified atom stereocenters. The molecule has 3 rings (SSSR count). The van der Waals surface area contributed by atoms with Crippen molar-refractivity contribution >= 4 is 22.2 Å². The molecule has 1 N–H and O–H groups in total. The average molecular weight is 347 g/mol. The largest absolute Gasteiger partial charge is 0.479 e. The normalized spacial score (nSPS) is 22.2. The number of benzene rings is 2. The maximum Gasteiger partial charge on any atom is 0.366 e. The quantitative estimate of drug-likeness (QED) is 0.905. The fraction of sp³-hybridized carbons (Fsp3) is 0.125. The van der Waals surface area contributed by atoms with Crippen molar-refractivity contribution in [2.24, 2.45) is 0 Å². The summed E-state index contributed by atoms with van der Waals surface area (Å²) >= 11 is 0. The van der Waals surface area contributed by atoms with Crippen LogP contribution >= 0.6 is 0 Å². The van der Waals surface area contributed by atoms with Gasteiger partial charge in [-0.05, 0) is 17.7 Å². The minimum absolute atomic E-state index is 0.122. The van der Waals surface area contributed by atoms with E-state index in [-0.39, 0.29) is 5.56 Å². The second-order valence-electron chi connectivity index (χ2n) is 5.14. The molecule has 2 aromatic carbocycles. The molecule has 1 heterocycles. The van der Waals surface area contributed by atoms with Crippen LogP contribution in [0.3, 0.4) is 0 Å². The smallest absolute Gasteiger partial charge is 0.366 e. The van der Waals surface area contributed by atoms with Crippen LogP contribution < -0.4 is 0 Å². The van der Waals surface area contributed by atoms with E-state index < -0.39 is 34.3 Å². The number of aliphatic carboxylic acids is 1. The highest BCUT2D eigenvalue weighted by atomic mass is 32.2. The van der Waals surface area contributed by atoms with Crippen LogP contribution in [0.5, 0.6) is 0 Å². The molecule has 0 spiro atoms. The van der Waals surface area contributed by atoms with E-state index in [1.54, 1.807) is 48.5 Å². The van der Waals surface area contributed by atoms with E-state index in [9.17, 15) is 23.1 Å². The fourth-order valence-corrected chi connectivity index (χ4v) is 3.93. The molecule has 2 aromatic rings. The van der Waals surface area contributed by atoms with Gasteiger partial charge in [-0.1, -0.05) is 48.5 Å². The zero-order valence-corrected chi connectivity index (χ0v) is 13.1. The van der Waals surface area contributed by atoms with Crippen LogP contribution in [0.1, 0.15) is 22.0 Å². The number of rotatable bonds is 3. The molecule has 1 saturated heterocycles. The summed E-state index contributed by atoms with van der Waals surface area (Å²) in [5.41, 5.74) is 0.479. The lowest BCUT2D eigenvalue weighted by atomic mass is 10.0. The minimum atomic E-state index is -4.52. The highest BCUT2D eigenvalue weighted by molar-refractivity contribution is 7.85. The molecular formula is C16H13NO6S. The van der Waals surface area contributed by atoms with Crippen molar-refractivity contribution in [2.75, 3.05) is 0 Å². The lowest BCUT2D eigenvalue weighted by Crippen LogP contribution is -2.37. The summed E-state index contributed by atoms with van der Waals surface area (Å²) in [5.74, 6) is -2.30. The van der Waals surface area contributed by atoms with Gasteiger partial charge in [0.05, 0.1) is 0 Å². The number of nitrogens with zero attached hydrogens (tertiary/aromatic N) is 1. The van der Waals surface area contributed by atoms with Crippen molar-refractivity contribution in [1.29, 1.82) is 0 Å². The fourth-order valence-electron chi connectivity index (χ4n) is 2.56. The van der Waals surface area contributed by atoms with Gasteiger partial charge in [-0.2, -0.15) is 8.42 Å². The minimum Gasteiger partial charge on any atom is -0.479 e. The van der Waals surface area contributed by atoms with Crippen molar-refractivity contribution in [3.8, 4) is 0 Å². The summed E-state index contributed by atoms with van der Waals surface area (Å²) in [6.45, 7) is 0. The van der Waals surface area contributed by atoms with Gasteiger partial charge in [0, 0.05) is 5.56 Å². The number of carboxylic acids is 1. The Labute approximate surface area is 138 Å². The van der Waals surface area contributed by atoms with Gasteiger partial charge in [-0.25, -0.2) is 13.3 Å². The average Bonchev–Trinajstić information content (AvgIpc) is 2.87. The Morgan fingerprint density at radius 1 is 0.958 bits per heavy atom. The van der Waals surface area contributed by atoms with Crippen LogP contribution in [0.15, 0.2) is 60.7 Å². The van der Waals surface area contributed by atoms with Gasteiger partial charge in [-0.3, -0.25) is 4.79 Å². The summed E-state index contributed by atoms with van der Waals surface area (Å²) in [7, 11) is -4.52. The molecule has 8 heteroatoms. The highest BCUT2D eigenvalue weighted by Gasteiger charge is 2.53. The van der Waals surface area contributed by atoms with E-state index in [1.807, 2.05) is 0 Å². The molecule has 1 fully saturated rings. The third-order valence-corrected chi connectivity index (χ3v) is 4.94. The van der Waals surface area contributed by atoms with E-state index in [1.165, 1.54) is 12.1 Å². The predicted molar refractivity (Wildman–Crippen MR) is 83.2 cm³/mol. The van der Waals surface area contributed by atoms with Crippen LogP contribution in [-0.2, 0) is 19.3 Å². The van der Waals surface area contributed by atoms with Crippen molar-refractivity contribution in [3.63, 3.8) is 0 Å². The Kier molecular flexibility index (Phi) is 4.08. The van der Waals surface area contributed by atoms with Crippen LogP contribution in [-0.4, -0.2) is 35.8 Å². The molecule has 1 aliphatic heterocycles. The third kappa shape index (κ3) is 2.77. The second kappa shape index (κ2) is 6.06. The first-order valence-electron chi connectivity index (χ1n) is 7.01. The number of carboxylic acid groups (broad SMARTS) is 1. The van der Waals surface area contributed by atoms with E-state index in [4.69, 9.17) is 4.18 Å². The van der Waals surface area contributed by atoms with Crippen molar-refractivity contribution < 1.29 is 27.3 Å². The monoisotopic (exact) mass is 347 g/mol. The van der Waals surface area contributed by atoms with Crippen molar-refractivity contribution in [1.82, 2.24) is 4.31 Å². The van der Waals surface area contributed by atoms with E-state index in [0.29, 0.717) is 9.87 Å². The molecule has 7 nitrogen and oxygen atoms in total. The number of carbonyl (C=O) groups is 2. The van der Waals surface area contributed by atoms with Crippen molar-refractivity contribution in [3.05, 3.63) is 71.8 Å². The maximum atomic E-state index is 12.7. The third-order valence-electron chi connectivity index (χ3n) is 3.61. The Hall–Kier alpha value is -2.71. The molecule has 24 heavy (non-hydrogen) atoms. The van der Waals surface area contributed by atoms with Gasteiger partial charge in [0.15, 0.2) is 0 Å². The van der Waals surface area contributed by atoms with E-state index in [0.717, 1.165) is 0 Å². The molecular weight excluding hydrogens is 334 g/mol. The number of amides is 1. The maximum absolute atomic E-state index is 12.7. The molecule has 1 aliphatic rings. The molecule has 0 aliphatic carbocycles. The van der Waals surface area contributed by atoms with Crippen LogP contribution in [0, 0.1) is 0 Å².